The number of carboxylic acids is 1. The van der Waals surface area contributed by atoms with Gasteiger partial charge in [-0.05, 0) is 38.3 Å². The summed E-state index contributed by atoms with van der Waals surface area (Å²) in [4.78, 5) is 25.8. The van der Waals surface area contributed by atoms with E-state index < -0.39 is 11.4 Å². The number of amides is 1. The normalized spacial score (nSPS) is 22.9. The molecule has 1 aliphatic heterocycles. The minimum Gasteiger partial charge on any atom is -0.481 e. The molecule has 1 unspecified atom stereocenters. The number of aromatic nitrogens is 1. The van der Waals surface area contributed by atoms with Gasteiger partial charge in [0.15, 0.2) is 0 Å². The third kappa shape index (κ3) is 2.32. The molecule has 0 radical (unpaired) electrons. The Morgan fingerprint density at radius 3 is 2.60 bits per heavy atom. The maximum absolute atomic E-state index is 12.6. The van der Waals surface area contributed by atoms with Gasteiger partial charge in [-0.2, -0.15) is 0 Å². The summed E-state index contributed by atoms with van der Waals surface area (Å²) in [5.41, 5.74) is 0.860. The third-order valence-corrected chi connectivity index (χ3v) is 4.59. The number of likely N-dealkylation sites (tertiary alicyclic amines) is 1. The number of carbonyl (C=O) groups is 2. The lowest BCUT2D eigenvalue weighted by atomic mass is 9.77. The Bertz CT molecular complexity index is 535. The highest BCUT2D eigenvalue weighted by Gasteiger charge is 2.42. The number of carboxylic acid groups (broad SMARTS) is 1. The van der Waals surface area contributed by atoms with Crippen molar-refractivity contribution in [3.8, 4) is 0 Å². The number of hydrogen-bond acceptors (Lipinski definition) is 2. The molecule has 1 N–H and O–H groups in total. The van der Waals surface area contributed by atoms with E-state index in [1.165, 1.54) is 0 Å². The molecular formula is C15H22N2O3. The smallest absolute Gasteiger partial charge is 0.311 e. The molecule has 0 aromatic carbocycles. The lowest BCUT2D eigenvalue weighted by Crippen LogP contribution is -2.50. The van der Waals surface area contributed by atoms with Crippen LogP contribution in [0.3, 0.4) is 0 Å². The third-order valence-electron chi connectivity index (χ3n) is 4.59. The number of hydrogen-bond donors (Lipinski definition) is 1. The van der Waals surface area contributed by atoms with E-state index in [1.54, 1.807) is 11.0 Å². The van der Waals surface area contributed by atoms with Crippen LogP contribution in [0.4, 0.5) is 0 Å². The average Bonchev–Trinajstić information content (AvgIpc) is 2.78. The van der Waals surface area contributed by atoms with Crippen LogP contribution in [0.5, 0.6) is 0 Å². The Morgan fingerprint density at radius 1 is 1.40 bits per heavy atom. The Labute approximate surface area is 119 Å². The minimum absolute atomic E-state index is 0.0700. The summed E-state index contributed by atoms with van der Waals surface area (Å²) in [7, 11) is 1.86. The summed E-state index contributed by atoms with van der Waals surface area (Å²) in [6.45, 7) is 4.77. The highest BCUT2D eigenvalue weighted by molar-refractivity contribution is 5.93. The second-order valence-electron chi connectivity index (χ2n) is 5.69. The Morgan fingerprint density at radius 2 is 2.10 bits per heavy atom. The van der Waals surface area contributed by atoms with E-state index in [0.717, 1.165) is 12.1 Å². The van der Waals surface area contributed by atoms with Crippen molar-refractivity contribution in [3.63, 3.8) is 0 Å². The molecule has 2 rings (SSSR count). The van der Waals surface area contributed by atoms with Gasteiger partial charge in [-0.1, -0.05) is 6.92 Å². The molecule has 110 valence electrons. The molecule has 1 saturated heterocycles. The fourth-order valence-electron chi connectivity index (χ4n) is 2.91. The molecule has 1 atom stereocenters. The number of aliphatic carboxylic acids is 1. The molecule has 1 aliphatic rings. The van der Waals surface area contributed by atoms with Crippen molar-refractivity contribution in [3.05, 3.63) is 23.5 Å². The minimum atomic E-state index is -0.791. The second kappa shape index (κ2) is 5.31. The lowest BCUT2D eigenvalue weighted by Gasteiger charge is -2.39. The highest BCUT2D eigenvalue weighted by atomic mass is 16.4. The van der Waals surface area contributed by atoms with Gasteiger partial charge in [0.05, 0.1) is 5.41 Å². The maximum atomic E-state index is 12.6. The largest absolute Gasteiger partial charge is 0.481 e. The number of carbonyl (C=O) groups excluding carboxylic acids is 1. The first-order valence-corrected chi connectivity index (χ1v) is 7.06. The summed E-state index contributed by atoms with van der Waals surface area (Å²) in [6.07, 6.45) is 1.95. The van der Waals surface area contributed by atoms with Crippen LogP contribution in [0.2, 0.25) is 0 Å². The second-order valence-corrected chi connectivity index (χ2v) is 5.69. The number of piperidine rings is 1. The number of rotatable bonds is 3. The molecule has 1 aromatic rings. The van der Waals surface area contributed by atoms with Gasteiger partial charge >= 0.3 is 5.97 Å². The molecule has 0 aliphatic carbocycles. The monoisotopic (exact) mass is 278 g/mol. The average molecular weight is 278 g/mol. The first-order valence-electron chi connectivity index (χ1n) is 7.06. The van der Waals surface area contributed by atoms with Crippen molar-refractivity contribution >= 4 is 11.9 Å². The lowest BCUT2D eigenvalue weighted by molar-refractivity contribution is -0.152. The van der Waals surface area contributed by atoms with Crippen LogP contribution in [-0.4, -0.2) is 39.5 Å². The molecule has 1 aromatic heterocycles. The van der Waals surface area contributed by atoms with Gasteiger partial charge in [0.25, 0.3) is 5.91 Å². The quantitative estimate of drug-likeness (QED) is 0.920. The summed E-state index contributed by atoms with van der Waals surface area (Å²) in [5, 5.41) is 9.47. The van der Waals surface area contributed by atoms with E-state index in [2.05, 4.69) is 0 Å². The van der Waals surface area contributed by atoms with E-state index in [1.807, 2.05) is 31.5 Å². The van der Waals surface area contributed by atoms with Gasteiger partial charge in [-0.15, -0.1) is 0 Å². The Hall–Kier alpha value is -1.78. The zero-order valence-electron chi connectivity index (χ0n) is 12.3. The molecular weight excluding hydrogens is 256 g/mol. The van der Waals surface area contributed by atoms with Gasteiger partial charge in [-0.25, -0.2) is 0 Å². The summed E-state index contributed by atoms with van der Waals surface area (Å²) in [5.74, 6) is -0.861. The van der Waals surface area contributed by atoms with Gasteiger partial charge in [0, 0.05) is 25.8 Å². The van der Waals surface area contributed by atoms with Gasteiger partial charge in [0.2, 0.25) is 0 Å². The van der Waals surface area contributed by atoms with Crippen molar-refractivity contribution in [2.75, 3.05) is 13.1 Å². The molecule has 0 spiro atoms. The Balaban J connectivity index is 2.23. The maximum Gasteiger partial charge on any atom is 0.311 e. The van der Waals surface area contributed by atoms with E-state index in [9.17, 15) is 14.7 Å². The molecule has 0 saturated carbocycles. The van der Waals surface area contributed by atoms with Crippen LogP contribution in [0.15, 0.2) is 12.1 Å². The highest BCUT2D eigenvalue weighted by Crippen LogP contribution is 2.34. The number of nitrogens with zero attached hydrogens (tertiary/aromatic N) is 2. The van der Waals surface area contributed by atoms with E-state index in [0.29, 0.717) is 31.6 Å². The topological polar surface area (TPSA) is 62.5 Å². The van der Waals surface area contributed by atoms with E-state index in [-0.39, 0.29) is 5.91 Å². The molecule has 5 nitrogen and oxygen atoms in total. The first-order chi connectivity index (χ1) is 9.41. The van der Waals surface area contributed by atoms with Crippen LogP contribution < -0.4 is 0 Å². The van der Waals surface area contributed by atoms with Crippen LogP contribution >= 0.6 is 0 Å². The fraction of sp³-hybridized carbons (Fsp3) is 0.600. The fourth-order valence-corrected chi connectivity index (χ4v) is 2.91. The molecule has 20 heavy (non-hydrogen) atoms. The zero-order valence-corrected chi connectivity index (χ0v) is 12.3. The molecule has 0 bridgehead atoms. The predicted molar refractivity (Wildman–Crippen MR) is 75.6 cm³/mol. The van der Waals surface area contributed by atoms with Gasteiger partial charge in [-0.3, -0.25) is 9.59 Å². The van der Waals surface area contributed by atoms with E-state index in [4.69, 9.17) is 0 Å². The van der Waals surface area contributed by atoms with Crippen LogP contribution in [-0.2, 0) is 11.8 Å². The summed E-state index contributed by atoms with van der Waals surface area (Å²) < 4.78 is 1.85. The molecule has 2 heterocycles. The molecule has 1 fully saturated rings. The Kier molecular flexibility index (Phi) is 3.88. The van der Waals surface area contributed by atoms with Crippen molar-refractivity contribution < 1.29 is 14.7 Å². The van der Waals surface area contributed by atoms with Gasteiger partial charge < -0.3 is 14.6 Å². The van der Waals surface area contributed by atoms with Crippen molar-refractivity contribution in [2.45, 2.75) is 33.1 Å². The summed E-state index contributed by atoms with van der Waals surface area (Å²) >= 11 is 0. The van der Waals surface area contributed by atoms with E-state index >= 15 is 0 Å². The molecule has 1 amide bonds. The van der Waals surface area contributed by atoms with Crippen molar-refractivity contribution in [2.24, 2.45) is 12.5 Å². The predicted octanol–water partition coefficient (Wildman–Crippen LogP) is 2.05. The van der Waals surface area contributed by atoms with Crippen LogP contribution in [0, 0.1) is 12.3 Å². The van der Waals surface area contributed by atoms with Crippen molar-refractivity contribution in [1.29, 1.82) is 0 Å². The number of aryl methyl sites for hydroxylation is 1. The molecule has 5 heteroatoms. The zero-order chi connectivity index (χ0) is 14.9. The summed E-state index contributed by atoms with van der Waals surface area (Å²) in [6, 6.07) is 3.71. The van der Waals surface area contributed by atoms with Gasteiger partial charge in [0.1, 0.15) is 5.69 Å². The standard InChI is InChI=1S/C15H22N2O3/c1-4-15(14(19)20)8-5-9-17(10-15)13(18)12-7-6-11(2)16(12)3/h6-7H,4-5,8-10H2,1-3H3,(H,19,20). The SMILES string of the molecule is CCC1(C(=O)O)CCCN(C(=O)c2ccc(C)n2C)C1. The van der Waals surface area contributed by atoms with Crippen molar-refractivity contribution in [1.82, 2.24) is 9.47 Å². The first kappa shape index (κ1) is 14.6. The van der Waals surface area contributed by atoms with Crippen LogP contribution in [0.25, 0.3) is 0 Å². The van der Waals surface area contributed by atoms with Crippen LogP contribution in [0.1, 0.15) is 42.4 Å².